The van der Waals surface area contributed by atoms with Crippen molar-refractivity contribution in [1.29, 1.82) is 0 Å². The van der Waals surface area contributed by atoms with Crippen LogP contribution in [0.15, 0.2) is 12.3 Å². The monoisotopic (exact) mass is 314 g/mol. The Morgan fingerprint density at radius 1 is 1.45 bits per heavy atom. The Bertz CT molecular complexity index is 678. The summed E-state index contributed by atoms with van der Waals surface area (Å²) in [6.45, 7) is 0.663. The first-order chi connectivity index (χ1) is 9.59. The second-order valence-electron chi connectivity index (χ2n) is 4.70. The normalized spacial score (nSPS) is 19.4. The number of benzene rings is 1. The first-order valence-corrected chi connectivity index (χ1v) is 7.05. The van der Waals surface area contributed by atoms with Crippen molar-refractivity contribution in [3.05, 3.63) is 27.9 Å². The van der Waals surface area contributed by atoms with Crippen LogP contribution in [0, 0.1) is 0 Å². The third-order valence-corrected chi connectivity index (χ3v) is 4.21. The average molecular weight is 315 g/mol. The van der Waals surface area contributed by atoms with Gasteiger partial charge < -0.3 is 9.84 Å². The van der Waals surface area contributed by atoms with Gasteiger partial charge in [0, 0.05) is 12.0 Å². The molecule has 0 aliphatic carbocycles. The minimum absolute atomic E-state index is 0.0939. The first-order valence-electron chi connectivity index (χ1n) is 6.29. The highest BCUT2D eigenvalue weighted by Crippen LogP contribution is 2.36. The van der Waals surface area contributed by atoms with Gasteiger partial charge in [-0.25, -0.2) is 9.48 Å². The van der Waals surface area contributed by atoms with Crippen LogP contribution >= 0.6 is 23.2 Å². The number of carboxylic acids is 1. The third kappa shape index (κ3) is 2.16. The van der Waals surface area contributed by atoms with E-state index in [4.69, 9.17) is 27.9 Å². The molecule has 1 aliphatic rings. The van der Waals surface area contributed by atoms with Crippen LogP contribution < -0.4 is 0 Å². The molecule has 106 valence electrons. The van der Waals surface area contributed by atoms with Crippen molar-refractivity contribution < 1.29 is 14.6 Å². The number of carbonyl (C=O) groups is 1. The van der Waals surface area contributed by atoms with E-state index in [1.165, 1.54) is 12.3 Å². The van der Waals surface area contributed by atoms with E-state index in [1.54, 1.807) is 4.68 Å². The van der Waals surface area contributed by atoms with E-state index in [2.05, 4.69) is 5.10 Å². The van der Waals surface area contributed by atoms with Crippen LogP contribution in [0.25, 0.3) is 10.9 Å². The lowest BCUT2D eigenvalue weighted by Crippen LogP contribution is -2.19. The third-order valence-electron chi connectivity index (χ3n) is 3.43. The summed E-state index contributed by atoms with van der Waals surface area (Å²) in [5.74, 6) is -1.06. The highest BCUT2D eigenvalue weighted by molar-refractivity contribution is 6.45. The molecule has 5 nitrogen and oxygen atoms in total. The largest absolute Gasteiger partial charge is 0.478 e. The van der Waals surface area contributed by atoms with Crippen molar-refractivity contribution in [2.75, 3.05) is 6.61 Å². The minimum Gasteiger partial charge on any atom is -0.478 e. The van der Waals surface area contributed by atoms with Crippen LogP contribution in [0.4, 0.5) is 0 Å². The van der Waals surface area contributed by atoms with Gasteiger partial charge in [-0.05, 0) is 25.3 Å². The maximum atomic E-state index is 11.3. The van der Waals surface area contributed by atoms with Crippen LogP contribution in [0.1, 0.15) is 35.8 Å². The zero-order valence-electron chi connectivity index (χ0n) is 10.5. The zero-order valence-corrected chi connectivity index (χ0v) is 12.0. The van der Waals surface area contributed by atoms with E-state index < -0.39 is 5.97 Å². The van der Waals surface area contributed by atoms with Crippen LogP contribution in [0.3, 0.4) is 0 Å². The molecule has 0 bridgehead atoms. The maximum absolute atomic E-state index is 11.3. The van der Waals surface area contributed by atoms with E-state index in [0.29, 0.717) is 22.5 Å². The predicted octanol–water partition coefficient (Wildman–Crippen LogP) is 3.74. The van der Waals surface area contributed by atoms with Crippen LogP contribution in [0.5, 0.6) is 0 Å². The summed E-state index contributed by atoms with van der Waals surface area (Å²) < 4.78 is 7.31. The Kier molecular flexibility index (Phi) is 3.58. The van der Waals surface area contributed by atoms with E-state index >= 15 is 0 Å². The molecule has 0 amide bonds. The molecule has 20 heavy (non-hydrogen) atoms. The van der Waals surface area contributed by atoms with Crippen molar-refractivity contribution >= 4 is 40.1 Å². The smallest absolute Gasteiger partial charge is 0.336 e. The Morgan fingerprint density at radius 2 is 2.25 bits per heavy atom. The molecule has 3 rings (SSSR count). The van der Waals surface area contributed by atoms with E-state index in [-0.39, 0.29) is 16.8 Å². The quantitative estimate of drug-likeness (QED) is 0.917. The van der Waals surface area contributed by atoms with Crippen molar-refractivity contribution in [2.45, 2.75) is 25.5 Å². The molecule has 7 heteroatoms. The fourth-order valence-electron chi connectivity index (χ4n) is 2.47. The fraction of sp³-hybridized carbons (Fsp3) is 0.385. The number of fused-ring (bicyclic) bond motifs is 1. The Labute approximate surface area is 125 Å². The van der Waals surface area contributed by atoms with E-state index in [1.807, 2.05) is 0 Å². The number of aromatic nitrogens is 2. The number of aromatic carboxylic acids is 1. The summed E-state index contributed by atoms with van der Waals surface area (Å²) in [4.78, 5) is 11.3. The molecule has 1 saturated heterocycles. The van der Waals surface area contributed by atoms with Crippen LogP contribution in [-0.4, -0.2) is 27.5 Å². The van der Waals surface area contributed by atoms with E-state index in [0.717, 1.165) is 19.3 Å². The molecule has 1 N–H and O–H groups in total. The second kappa shape index (κ2) is 5.24. The van der Waals surface area contributed by atoms with Gasteiger partial charge in [-0.15, -0.1) is 0 Å². The highest BCUT2D eigenvalue weighted by Gasteiger charge is 2.24. The molecule has 1 fully saturated rings. The summed E-state index contributed by atoms with van der Waals surface area (Å²) in [6.07, 6.45) is 4.15. The Morgan fingerprint density at radius 3 is 2.90 bits per heavy atom. The maximum Gasteiger partial charge on any atom is 0.336 e. The van der Waals surface area contributed by atoms with Gasteiger partial charge in [-0.3, -0.25) is 0 Å². The van der Waals surface area contributed by atoms with Crippen LogP contribution in [-0.2, 0) is 4.74 Å². The Hall–Kier alpha value is -1.30. The van der Waals surface area contributed by atoms with Crippen molar-refractivity contribution in [3.8, 4) is 0 Å². The zero-order chi connectivity index (χ0) is 14.3. The molecule has 0 spiro atoms. The average Bonchev–Trinajstić information content (AvgIpc) is 2.88. The SMILES string of the molecule is O=C(O)c1cc(Cl)c(Cl)c2c1cnn2C1CCCCO1. The van der Waals surface area contributed by atoms with Crippen molar-refractivity contribution in [2.24, 2.45) is 0 Å². The molecule has 0 saturated carbocycles. The van der Waals surface area contributed by atoms with E-state index in [9.17, 15) is 9.90 Å². The number of nitrogens with zero attached hydrogens (tertiary/aromatic N) is 2. The molecule has 1 aromatic heterocycles. The summed E-state index contributed by atoms with van der Waals surface area (Å²) in [7, 11) is 0. The van der Waals surface area contributed by atoms with Gasteiger partial charge in [0.05, 0.1) is 27.3 Å². The molecule has 1 aliphatic heterocycles. The molecule has 0 radical (unpaired) electrons. The standard InChI is InChI=1S/C13H12Cl2N2O3/c14-9-5-7(13(18)19)8-6-16-17(12(8)11(9)15)10-3-1-2-4-20-10/h5-6,10H,1-4H2,(H,18,19). The molecule has 2 heterocycles. The summed E-state index contributed by atoms with van der Waals surface area (Å²) in [5.41, 5.74) is 0.611. The van der Waals surface area contributed by atoms with Gasteiger partial charge in [0.25, 0.3) is 0 Å². The van der Waals surface area contributed by atoms with Crippen LogP contribution in [0.2, 0.25) is 10.0 Å². The van der Waals surface area contributed by atoms with Crippen molar-refractivity contribution in [3.63, 3.8) is 0 Å². The summed E-state index contributed by atoms with van der Waals surface area (Å²) >= 11 is 12.3. The molecule has 1 atom stereocenters. The lowest BCUT2D eigenvalue weighted by molar-refractivity contribution is -0.0366. The minimum atomic E-state index is -1.06. The summed E-state index contributed by atoms with van der Waals surface area (Å²) in [6, 6.07) is 1.35. The topological polar surface area (TPSA) is 64.3 Å². The van der Waals surface area contributed by atoms with Crippen molar-refractivity contribution in [1.82, 2.24) is 9.78 Å². The molecule has 2 aromatic rings. The van der Waals surface area contributed by atoms with Gasteiger partial charge >= 0.3 is 5.97 Å². The molecular formula is C13H12Cl2N2O3. The molecule has 1 aromatic carbocycles. The van der Waals surface area contributed by atoms with Gasteiger partial charge in [0.15, 0.2) is 6.23 Å². The number of carboxylic acid groups (broad SMARTS) is 1. The lowest BCUT2D eigenvalue weighted by Gasteiger charge is -2.23. The molecule has 1 unspecified atom stereocenters. The lowest BCUT2D eigenvalue weighted by atomic mass is 10.1. The number of hydrogen-bond donors (Lipinski definition) is 1. The number of ether oxygens (including phenoxy) is 1. The predicted molar refractivity (Wildman–Crippen MR) is 75.6 cm³/mol. The van der Waals surface area contributed by atoms with Gasteiger partial charge in [0.2, 0.25) is 0 Å². The number of rotatable bonds is 2. The fourth-order valence-corrected chi connectivity index (χ4v) is 2.91. The second-order valence-corrected chi connectivity index (χ2v) is 5.48. The summed E-state index contributed by atoms with van der Waals surface area (Å²) in [5, 5.41) is 14.5. The number of hydrogen-bond acceptors (Lipinski definition) is 3. The first kappa shape index (κ1) is 13.7. The Balaban J connectivity index is 2.22. The number of halogens is 2. The highest BCUT2D eigenvalue weighted by atomic mass is 35.5. The van der Waals surface area contributed by atoms with Gasteiger partial charge in [-0.1, -0.05) is 23.2 Å². The van der Waals surface area contributed by atoms with Gasteiger partial charge in [-0.2, -0.15) is 5.10 Å². The van der Waals surface area contributed by atoms with Gasteiger partial charge in [0.1, 0.15) is 0 Å². The molecular weight excluding hydrogens is 303 g/mol.